The van der Waals surface area contributed by atoms with E-state index in [0.29, 0.717) is 10.6 Å². The summed E-state index contributed by atoms with van der Waals surface area (Å²) in [5.74, 6) is -1.64. The van der Waals surface area contributed by atoms with Crippen molar-refractivity contribution < 1.29 is 14.7 Å². The Kier molecular flexibility index (Phi) is 4.33. The van der Waals surface area contributed by atoms with Gasteiger partial charge >= 0.3 is 5.97 Å². The largest absolute Gasteiger partial charge is 0.481 e. The van der Waals surface area contributed by atoms with Gasteiger partial charge in [-0.05, 0) is 31.4 Å². The van der Waals surface area contributed by atoms with E-state index in [1.165, 1.54) is 0 Å². The van der Waals surface area contributed by atoms with Crippen LogP contribution in [0.1, 0.15) is 35.7 Å². The number of aryl methyl sites for hydroxylation is 1. The molecule has 1 N–H and O–H groups in total. The molecule has 2 rings (SSSR count). The van der Waals surface area contributed by atoms with E-state index in [1.54, 1.807) is 24.0 Å². The molecule has 1 atom stereocenters. The van der Waals surface area contributed by atoms with Crippen molar-refractivity contribution >= 4 is 23.5 Å². The van der Waals surface area contributed by atoms with Crippen molar-refractivity contribution in [2.75, 3.05) is 6.54 Å². The van der Waals surface area contributed by atoms with Crippen molar-refractivity contribution in [2.45, 2.75) is 32.7 Å². The maximum atomic E-state index is 12.6. The highest BCUT2D eigenvalue weighted by molar-refractivity contribution is 6.34. The average Bonchev–Trinajstić information content (AvgIpc) is 3.22. The van der Waals surface area contributed by atoms with Crippen LogP contribution >= 0.6 is 11.6 Å². The summed E-state index contributed by atoms with van der Waals surface area (Å²) in [7, 11) is 0. The molecule has 1 aromatic carbocycles. The number of benzene rings is 1. The zero-order valence-electron chi connectivity index (χ0n) is 11.6. The summed E-state index contributed by atoms with van der Waals surface area (Å²) in [6.07, 6.45) is 1.86. The highest BCUT2D eigenvalue weighted by Gasteiger charge is 2.35. The van der Waals surface area contributed by atoms with Crippen LogP contribution in [0.4, 0.5) is 0 Å². The normalized spacial score (nSPS) is 15.8. The van der Waals surface area contributed by atoms with Crippen LogP contribution in [0.2, 0.25) is 5.02 Å². The lowest BCUT2D eigenvalue weighted by Crippen LogP contribution is -2.38. The van der Waals surface area contributed by atoms with E-state index in [4.69, 9.17) is 16.7 Å². The first-order chi connectivity index (χ1) is 9.41. The fourth-order valence-electron chi connectivity index (χ4n) is 2.12. The minimum atomic E-state index is -0.890. The van der Waals surface area contributed by atoms with Gasteiger partial charge in [-0.15, -0.1) is 0 Å². The molecule has 1 fully saturated rings. The third kappa shape index (κ3) is 3.12. The van der Waals surface area contributed by atoms with Crippen LogP contribution in [0.3, 0.4) is 0 Å². The number of carboxylic acid groups (broad SMARTS) is 1. The average molecular weight is 296 g/mol. The summed E-state index contributed by atoms with van der Waals surface area (Å²) < 4.78 is 0. The molecule has 5 heteroatoms. The number of nitrogens with zero attached hydrogens (tertiary/aromatic N) is 1. The van der Waals surface area contributed by atoms with Crippen molar-refractivity contribution in [3.8, 4) is 0 Å². The van der Waals surface area contributed by atoms with Gasteiger partial charge in [0.15, 0.2) is 0 Å². The van der Waals surface area contributed by atoms with Gasteiger partial charge in [0.25, 0.3) is 5.91 Å². The topological polar surface area (TPSA) is 57.6 Å². The van der Waals surface area contributed by atoms with Crippen molar-refractivity contribution in [2.24, 2.45) is 5.92 Å². The monoisotopic (exact) mass is 295 g/mol. The number of halogens is 1. The maximum absolute atomic E-state index is 12.6. The SMILES string of the molecule is Cc1cccc(C(=O)N(CC(C)C(=O)O)C2CC2)c1Cl. The van der Waals surface area contributed by atoms with E-state index < -0.39 is 11.9 Å². The third-order valence-corrected chi connectivity index (χ3v) is 4.06. The molecule has 0 aliphatic heterocycles. The van der Waals surface area contributed by atoms with Crippen LogP contribution in [0.5, 0.6) is 0 Å². The van der Waals surface area contributed by atoms with Gasteiger partial charge in [0.1, 0.15) is 0 Å². The van der Waals surface area contributed by atoms with Gasteiger partial charge < -0.3 is 10.0 Å². The zero-order valence-corrected chi connectivity index (χ0v) is 12.4. The standard InChI is InChI=1S/C15H18ClNO3/c1-9-4-3-5-12(13(9)16)14(18)17(11-6-7-11)8-10(2)15(19)20/h3-5,10-11H,6-8H2,1-2H3,(H,19,20). The molecule has 1 amide bonds. The van der Waals surface area contributed by atoms with E-state index in [-0.39, 0.29) is 18.5 Å². The smallest absolute Gasteiger partial charge is 0.308 e. The highest BCUT2D eigenvalue weighted by Crippen LogP contribution is 2.31. The Labute approximate surface area is 123 Å². The first-order valence-corrected chi connectivity index (χ1v) is 7.08. The van der Waals surface area contributed by atoms with E-state index >= 15 is 0 Å². The second-order valence-corrected chi connectivity index (χ2v) is 5.74. The summed E-state index contributed by atoms with van der Waals surface area (Å²) in [6.45, 7) is 3.69. The van der Waals surface area contributed by atoms with Crippen molar-refractivity contribution in [1.29, 1.82) is 0 Å². The highest BCUT2D eigenvalue weighted by atomic mass is 35.5. The van der Waals surface area contributed by atoms with Crippen LogP contribution < -0.4 is 0 Å². The molecule has 1 saturated carbocycles. The second-order valence-electron chi connectivity index (χ2n) is 5.36. The lowest BCUT2D eigenvalue weighted by atomic mass is 10.1. The van der Waals surface area contributed by atoms with Gasteiger partial charge in [-0.3, -0.25) is 9.59 Å². The van der Waals surface area contributed by atoms with Crippen LogP contribution in [0.15, 0.2) is 18.2 Å². The minimum absolute atomic E-state index is 0.154. The first kappa shape index (κ1) is 14.9. The number of aliphatic carboxylic acids is 1. The van der Waals surface area contributed by atoms with Crippen LogP contribution in [-0.4, -0.2) is 34.5 Å². The van der Waals surface area contributed by atoms with Crippen molar-refractivity contribution in [1.82, 2.24) is 4.90 Å². The number of amides is 1. The Morgan fingerprint density at radius 1 is 1.45 bits per heavy atom. The Bertz CT molecular complexity index is 540. The third-order valence-electron chi connectivity index (χ3n) is 3.56. The molecule has 0 spiro atoms. The van der Waals surface area contributed by atoms with Gasteiger partial charge in [0, 0.05) is 12.6 Å². The quantitative estimate of drug-likeness (QED) is 0.908. The fraction of sp³-hybridized carbons (Fsp3) is 0.467. The second kappa shape index (κ2) is 5.83. The molecule has 20 heavy (non-hydrogen) atoms. The van der Waals surface area contributed by atoms with Crippen molar-refractivity contribution in [3.05, 3.63) is 34.3 Å². The molecule has 1 unspecified atom stereocenters. The lowest BCUT2D eigenvalue weighted by Gasteiger charge is -2.25. The molecular formula is C15H18ClNO3. The molecule has 0 bridgehead atoms. The lowest BCUT2D eigenvalue weighted by molar-refractivity contribution is -0.141. The van der Waals surface area contributed by atoms with Crippen LogP contribution in [-0.2, 0) is 4.79 Å². The van der Waals surface area contributed by atoms with E-state index in [0.717, 1.165) is 18.4 Å². The number of carbonyl (C=O) groups is 2. The van der Waals surface area contributed by atoms with Gasteiger partial charge in [0.05, 0.1) is 16.5 Å². The Morgan fingerprint density at radius 3 is 2.65 bits per heavy atom. The summed E-state index contributed by atoms with van der Waals surface area (Å²) >= 11 is 6.19. The molecule has 1 aliphatic carbocycles. The number of hydrogen-bond acceptors (Lipinski definition) is 2. The predicted molar refractivity (Wildman–Crippen MR) is 77.0 cm³/mol. The molecule has 1 aliphatic rings. The molecule has 4 nitrogen and oxygen atoms in total. The molecule has 1 aromatic rings. The molecule has 0 heterocycles. The fourth-order valence-corrected chi connectivity index (χ4v) is 2.33. The summed E-state index contributed by atoms with van der Waals surface area (Å²) in [4.78, 5) is 25.3. The maximum Gasteiger partial charge on any atom is 0.308 e. The molecule has 0 saturated heterocycles. The van der Waals surface area contributed by atoms with Crippen LogP contribution in [0.25, 0.3) is 0 Å². The Morgan fingerprint density at radius 2 is 2.10 bits per heavy atom. The van der Waals surface area contributed by atoms with E-state index in [2.05, 4.69) is 0 Å². The first-order valence-electron chi connectivity index (χ1n) is 6.70. The van der Waals surface area contributed by atoms with Gasteiger partial charge in [-0.2, -0.15) is 0 Å². The Hall–Kier alpha value is -1.55. The summed E-state index contributed by atoms with van der Waals surface area (Å²) in [5.41, 5.74) is 1.30. The van der Waals surface area contributed by atoms with Crippen molar-refractivity contribution in [3.63, 3.8) is 0 Å². The number of hydrogen-bond donors (Lipinski definition) is 1. The van der Waals surface area contributed by atoms with E-state index in [9.17, 15) is 9.59 Å². The summed E-state index contributed by atoms with van der Waals surface area (Å²) in [6, 6.07) is 5.49. The molecular weight excluding hydrogens is 278 g/mol. The Balaban J connectivity index is 2.23. The molecule has 108 valence electrons. The predicted octanol–water partition coefficient (Wildman–Crippen LogP) is 2.97. The molecule has 0 radical (unpaired) electrons. The van der Waals surface area contributed by atoms with Gasteiger partial charge in [0.2, 0.25) is 0 Å². The summed E-state index contributed by atoms with van der Waals surface area (Å²) in [5, 5.41) is 9.47. The van der Waals surface area contributed by atoms with Gasteiger partial charge in [-0.25, -0.2) is 0 Å². The van der Waals surface area contributed by atoms with Crippen LogP contribution in [0, 0.1) is 12.8 Å². The number of carbonyl (C=O) groups excluding carboxylic acids is 1. The molecule has 0 aromatic heterocycles. The number of carboxylic acids is 1. The van der Waals surface area contributed by atoms with E-state index in [1.807, 2.05) is 13.0 Å². The minimum Gasteiger partial charge on any atom is -0.481 e. The zero-order chi connectivity index (χ0) is 14.9. The van der Waals surface area contributed by atoms with Gasteiger partial charge in [-0.1, -0.05) is 30.7 Å². The number of rotatable bonds is 5.